The molecule has 0 saturated heterocycles. The van der Waals surface area contributed by atoms with Crippen molar-refractivity contribution < 1.29 is 9.53 Å². The van der Waals surface area contributed by atoms with E-state index in [1.807, 2.05) is 6.92 Å². The van der Waals surface area contributed by atoms with Crippen LogP contribution < -0.4 is 4.74 Å². The van der Waals surface area contributed by atoms with E-state index in [2.05, 4.69) is 21.0 Å². The van der Waals surface area contributed by atoms with Crippen LogP contribution in [-0.2, 0) is 6.54 Å². The average Bonchev–Trinajstić information content (AvgIpc) is 2.80. The number of hydrogen-bond acceptors (Lipinski definition) is 3. The fourth-order valence-corrected chi connectivity index (χ4v) is 2.56. The van der Waals surface area contributed by atoms with E-state index in [0.29, 0.717) is 33.0 Å². The number of aryl methyl sites for hydroxylation is 1. The number of rotatable bonds is 5. The summed E-state index contributed by atoms with van der Waals surface area (Å²) in [6.45, 7) is 2.67. The SMILES string of the molecule is CCCn1ncc(Cl)c1C(=O)c1cc(OC)ccc1Br. The zero-order valence-corrected chi connectivity index (χ0v) is 13.5. The number of carbonyl (C=O) groups is 1. The number of methoxy groups -OCH3 is 1. The Hall–Kier alpha value is -1.33. The monoisotopic (exact) mass is 356 g/mol. The number of nitrogens with zero attached hydrogens (tertiary/aromatic N) is 2. The maximum absolute atomic E-state index is 12.7. The first-order valence-electron chi connectivity index (χ1n) is 6.18. The minimum Gasteiger partial charge on any atom is -0.497 e. The van der Waals surface area contributed by atoms with E-state index in [0.717, 1.165) is 6.42 Å². The summed E-state index contributed by atoms with van der Waals surface area (Å²) in [5.74, 6) is 0.445. The highest BCUT2D eigenvalue weighted by molar-refractivity contribution is 9.10. The summed E-state index contributed by atoms with van der Waals surface area (Å²) in [6.07, 6.45) is 2.37. The van der Waals surface area contributed by atoms with Gasteiger partial charge in [-0.3, -0.25) is 9.48 Å². The second-order valence-electron chi connectivity index (χ2n) is 4.24. The van der Waals surface area contributed by atoms with Crippen molar-refractivity contribution in [1.29, 1.82) is 0 Å². The Balaban J connectivity index is 2.48. The molecule has 0 N–H and O–H groups in total. The minimum atomic E-state index is -0.174. The molecule has 0 aliphatic carbocycles. The number of halogens is 2. The molecule has 4 nitrogen and oxygen atoms in total. The molecule has 0 aliphatic heterocycles. The average molecular weight is 358 g/mol. The van der Waals surface area contributed by atoms with E-state index in [1.54, 1.807) is 30.0 Å². The molecular formula is C14H14BrClN2O2. The summed E-state index contributed by atoms with van der Waals surface area (Å²) in [7, 11) is 1.56. The van der Waals surface area contributed by atoms with Crippen LogP contribution >= 0.6 is 27.5 Å². The molecule has 0 atom stereocenters. The first-order chi connectivity index (χ1) is 9.58. The molecular weight excluding hydrogens is 344 g/mol. The lowest BCUT2D eigenvalue weighted by molar-refractivity contribution is 0.102. The third-order valence-corrected chi connectivity index (χ3v) is 3.83. The summed E-state index contributed by atoms with van der Waals surface area (Å²) in [4.78, 5) is 12.7. The third-order valence-electron chi connectivity index (χ3n) is 2.86. The van der Waals surface area contributed by atoms with E-state index in [4.69, 9.17) is 16.3 Å². The van der Waals surface area contributed by atoms with Crippen molar-refractivity contribution in [1.82, 2.24) is 9.78 Å². The van der Waals surface area contributed by atoms with Crippen molar-refractivity contribution in [3.63, 3.8) is 0 Å². The molecule has 0 saturated carbocycles. The predicted octanol–water partition coefficient (Wildman–Crippen LogP) is 3.95. The predicted molar refractivity (Wildman–Crippen MR) is 81.7 cm³/mol. The van der Waals surface area contributed by atoms with Gasteiger partial charge in [-0.05, 0) is 24.6 Å². The summed E-state index contributed by atoms with van der Waals surface area (Å²) in [6, 6.07) is 5.25. The second kappa shape index (κ2) is 6.41. The van der Waals surface area contributed by atoms with Gasteiger partial charge in [-0.15, -0.1) is 0 Å². The van der Waals surface area contributed by atoms with E-state index in [9.17, 15) is 4.79 Å². The van der Waals surface area contributed by atoms with Crippen molar-refractivity contribution in [2.45, 2.75) is 19.9 Å². The molecule has 0 unspecified atom stereocenters. The van der Waals surface area contributed by atoms with Crippen molar-refractivity contribution in [3.05, 3.63) is 45.1 Å². The zero-order valence-electron chi connectivity index (χ0n) is 11.2. The number of hydrogen-bond donors (Lipinski definition) is 0. The van der Waals surface area contributed by atoms with Crippen molar-refractivity contribution in [2.75, 3.05) is 7.11 Å². The lowest BCUT2D eigenvalue weighted by Crippen LogP contribution is -2.12. The van der Waals surface area contributed by atoms with Gasteiger partial charge >= 0.3 is 0 Å². The maximum Gasteiger partial charge on any atom is 0.213 e. The van der Waals surface area contributed by atoms with Gasteiger partial charge in [-0.2, -0.15) is 5.10 Å². The molecule has 0 aliphatic rings. The maximum atomic E-state index is 12.7. The number of ketones is 1. The van der Waals surface area contributed by atoms with Crippen LogP contribution in [0.5, 0.6) is 5.75 Å². The Bertz CT molecular complexity index is 640. The molecule has 0 radical (unpaired) electrons. The summed E-state index contributed by atoms with van der Waals surface area (Å²) >= 11 is 9.49. The third kappa shape index (κ3) is 2.88. The van der Waals surface area contributed by atoms with Gasteiger partial charge in [-0.1, -0.05) is 34.5 Å². The molecule has 106 valence electrons. The van der Waals surface area contributed by atoms with Gasteiger partial charge in [0.05, 0.1) is 18.3 Å². The number of ether oxygens (including phenoxy) is 1. The lowest BCUT2D eigenvalue weighted by atomic mass is 10.1. The van der Waals surface area contributed by atoms with Gasteiger partial charge in [0.15, 0.2) is 0 Å². The second-order valence-corrected chi connectivity index (χ2v) is 5.50. The highest BCUT2D eigenvalue weighted by Crippen LogP contribution is 2.27. The van der Waals surface area contributed by atoms with E-state index < -0.39 is 0 Å². The molecule has 0 amide bonds. The van der Waals surface area contributed by atoms with Crippen LogP contribution in [0.25, 0.3) is 0 Å². The van der Waals surface area contributed by atoms with E-state index in [-0.39, 0.29) is 5.78 Å². The molecule has 2 rings (SSSR count). The molecule has 0 bridgehead atoms. The zero-order chi connectivity index (χ0) is 14.7. The Kier molecular flexibility index (Phi) is 4.83. The van der Waals surface area contributed by atoms with Crippen LogP contribution in [-0.4, -0.2) is 22.7 Å². The molecule has 2 aromatic rings. The van der Waals surface area contributed by atoms with Crippen LogP contribution in [0, 0.1) is 0 Å². The Labute approximate surface area is 130 Å². The van der Waals surface area contributed by atoms with Crippen LogP contribution in [0.3, 0.4) is 0 Å². The van der Waals surface area contributed by atoms with Crippen molar-refractivity contribution in [3.8, 4) is 5.75 Å². The van der Waals surface area contributed by atoms with E-state index in [1.165, 1.54) is 6.20 Å². The highest BCUT2D eigenvalue weighted by atomic mass is 79.9. The van der Waals surface area contributed by atoms with Crippen LogP contribution in [0.1, 0.15) is 29.4 Å². The van der Waals surface area contributed by atoms with E-state index >= 15 is 0 Å². The van der Waals surface area contributed by atoms with Crippen LogP contribution in [0.2, 0.25) is 5.02 Å². The van der Waals surface area contributed by atoms with Gasteiger partial charge in [0.25, 0.3) is 0 Å². The van der Waals surface area contributed by atoms with Crippen LogP contribution in [0.15, 0.2) is 28.9 Å². The Morgan fingerprint density at radius 2 is 2.25 bits per heavy atom. The first-order valence-corrected chi connectivity index (χ1v) is 7.35. The molecule has 20 heavy (non-hydrogen) atoms. The van der Waals surface area contributed by atoms with Crippen molar-refractivity contribution >= 4 is 33.3 Å². The molecule has 1 aromatic carbocycles. The summed E-state index contributed by atoms with van der Waals surface area (Å²) in [5.41, 5.74) is 0.909. The molecule has 6 heteroatoms. The van der Waals surface area contributed by atoms with Gasteiger partial charge in [0.1, 0.15) is 11.4 Å². The fraction of sp³-hybridized carbons (Fsp3) is 0.286. The van der Waals surface area contributed by atoms with Crippen LogP contribution in [0.4, 0.5) is 0 Å². The number of aromatic nitrogens is 2. The lowest BCUT2D eigenvalue weighted by Gasteiger charge is -2.09. The van der Waals surface area contributed by atoms with Gasteiger partial charge < -0.3 is 4.74 Å². The fourth-order valence-electron chi connectivity index (χ4n) is 1.90. The number of benzene rings is 1. The van der Waals surface area contributed by atoms with Gasteiger partial charge in [0, 0.05) is 16.6 Å². The summed E-state index contributed by atoms with van der Waals surface area (Å²) in [5, 5.41) is 4.50. The van der Waals surface area contributed by atoms with Gasteiger partial charge in [0.2, 0.25) is 5.78 Å². The normalized spacial score (nSPS) is 10.6. The molecule has 0 fully saturated rings. The smallest absolute Gasteiger partial charge is 0.213 e. The standard InChI is InChI=1S/C14H14BrClN2O2/c1-3-6-18-13(12(16)8-17-18)14(19)10-7-9(20-2)4-5-11(10)15/h4-5,7-8H,3,6H2,1-2H3. The summed E-state index contributed by atoms with van der Waals surface area (Å²) < 4.78 is 7.49. The first kappa shape index (κ1) is 15.1. The number of carbonyl (C=O) groups excluding carboxylic acids is 1. The quantitative estimate of drug-likeness (QED) is 0.761. The minimum absolute atomic E-state index is 0.174. The van der Waals surface area contributed by atoms with Crippen molar-refractivity contribution in [2.24, 2.45) is 0 Å². The molecule has 1 heterocycles. The van der Waals surface area contributed by atoms with Gasteiger partial charge in [-0.25, -0.2) is 0 Å². The Morgan fingerprint density at radius 1 is 1.50 bits per heavy atom. The largest absolute Gasteiger partial charge is 0.497 e. The highest BCUT2D eigenvalue weighted by Gasteiger charge is 2.21. The topological polar surface area (TPSA) is 44.1 Å². The molecule has 1 aromatic heterocycles. The molecule has 0 spiro atoms. The Morgan fingerprint density at radius 3 is 2.90 bits per heavy atom.